The summed E-state index contributed by atoms with van der Waals surface area (Å²) in [5.41, 5.74) is 6.03. The van der Waals surface area contributed by atoms with E-state index in [1.165, 1.54) is 16.8 Å². The van der Waals surface area contributed by atoms with Crippen LogP contribution >= 0.6 is 11.3 Å². The van der Waals surface area contributed by atoms with Crippen LogP contribution in [-0.2, 0) is 11.3 Å². The van der Waals surface area contributed by atoms with E-state index in [0.717, 1.165) is 49.2 Å². The van der Waals surface area contributed by atoms with Crippen LogP contribution in [0.1, 0.15) is 23.7 Å². The van der Waals surface area contributed by atoms with Crippen molar-refractivity contribution in [1.29, 1.82) is 0 Å². The van der Waals surface area contributed by atoms with E-state index in [9.17, 15) is 4.79 Å². The normalized spacial score (nSPS) is 14.7. The second-order valence-electron chi connectivity index (χ2n) is 7.94. The molecule has 0 radical (unpaired) electrons. The fourth-order valence-corrected chi connectivity index (χ4v) is 4.95. The van der Waals surface area contributed by atoms with E-state index in [2.05, 4.69) is 42.3 Å². The highest BCUT2D eigenvalue weighted by Crippen LogP contribution is 2.28. The number of rotatable bonds is 5. The predicted molar refractivity (Wildman–Crippen MR) is 124 cm³/mol. The Labute approximate surface area is 182 Å². The van der Waals surface area contributed by atoms with E-state index in [1.807, 2.05) is 30.3 Å². The topological polar surface area (TPSA) is 40.9 Å². The number of nitrogens with zero attached hydrogens (tertiary/aromatic N) is 3. The van der Waals surface area contributed by atoms with Crippen LogP contribution in [0, 0.1) is 13.8 Å². The Hall–Kier alpha value is -2.70. The Bertz CT molecular complexity index is 1010. The van der Waals surface area contributed by atoms with Gasteiger partial charge >= 0.3 is 0 Å². The number of nitrogens with one attached hydrogen (secondary N) is 1. The third-order valence-corrected chi connectivity index (χ3v) is 6.75. The van der Waals surface area contributed by atoms with Crippen molar-refractivity contribution in [3.05, 3.63) is 70.7 Å². The second kappa shape index (κ2) is 8.98. The van der Waals surface area contributed by atoms with Crippen molar-refractivity contribution in [2.45, 2.75) is 27.3 Å². The van der Waals surface area contributed by atoms with Gasteiger partial charge in [0.1, 0.15) is 12.2 Å². The molecular weight excluding hydrogens is 392 g/mol. The van der Waals surface area contributed by atoms with Gasteiger partial charge in [-0.15, -0.1) is 11.3 Å². The van der Waals surface area contributed by atoms with Crippen LogP contribution in [0.25, 0.3) is 0 Å². The van der Waals surface area contributed by atoms with Gasteiger partial charge in [-0.3, -0.25) is 9.69 Å². The van der Waals surface area contributed by atoms with Crippen LogP contribution in [0.4, 0.5) is 16.5 Å². The number of aryl methyl sites for hydroxylation is 1. The number of thiazole rings is 1. The molecule has 3 aromatic rings. The van der Waals surface area contributed by atoms with Gasteiger partial charge in [-0.2, -0.15) is 0 Å². The molecule has 4 rings (SSSR count). The minimum Gasteiger partial charge on any atom is -0.360 e. The molecule has 5 nitrogen and oxygen atoms in total. The number of carbonyl (C=O) groups excluding carboxylic acids is 1. The number of para-hydroxylation sites is 1. The van der Waals surface area contributed by atoms with Gasteiger partial charge in [-0.1, -0.05) is 30.3 Å². The van der Waals surface area contributed by atoms with Crippen LogP contribution in [0.2, 0.25) is 0 Å². The van der Waals surface area contributed by atoms with Crippen LogP contribution in [0.3, 0.4) is 0 Å². The summed E-state index contributed by atoms with van der Waals surface area (Å²) in [7, 11) is 0. The lowest BCUT2D eigenvalue weighted by atomic mass is 10.1. The number of hydrogen-bond acceptors (Lipinski definition) is 4. The number of hydrogen-bond donors (Lipinski definition) is 1. The van der Waals surface area contributed by atoms with E-state index < -0.39 is 0 Å². The first-order valence-corrected chi connectivity index (χ1v) is 11.4. The standard InChI is InChI=1S/C24H28N4OS/c1-18-8-7-11-23(19(18)2)27-14-12-26(13-15-27)16-21-17-30-24(25-21)28(20(3)29)22-9-5-4-6-10-22/h4-11,17H,12-16H2,1-3H3/p+1. The van der Waals surface area contributed by atoms with Gasteiger partial charge in [0.15, 0.2) is 5.13 Å². The van der Waals surface area contributed by atoms with E-state index in [1.54, 1.807) is 28.1 Å². The zero-order chi connectivity index (χ0) is 21.1. The number of carbonyl (C=O) groups is 1. The lowest BCUT2D eigenvalue weighted by Crippen LogP contribution is -3.13. The molecule has 6 heteroatoms. The minimum absolute atomic E-state index is 0.0171. The average molecular weight is 422 g/mol. The molecule has 1 N–H and O–H groups in total. The van der Waals surface area contributed by atoms with Crippen LogP contribution in [0.15, 0.2) is 53.9 Å². The van der Waals surface area contributed by atoms with Crippen molar-refractivity contribution < 1.29 is 9.69 Å². The molecule has 1 aromatic heterocycles. The molecule has 1 saturated heterocycles. The van der Waals surface area contributed by atoms with Gasteiger partial charge in [0.05, 0.1) is 31.9 Å². The maximum Gasteiger partial charge on any atom is 0.230 e. The monoisotopic (exact) mass is 421 g/mol. The number of benzene rings is 2. The number of quaternary nitrogens is 1. The molecule has 1 fully saturated rings. The fourth-order valence-electron chi connectivity index (χ4n) is 4.06. The first kappa shape index (κ1) is 20.6. The number of amides is 1. The molecule has 2 heterocycles. The Morgan fingerprint density at radius 3 is 2.53 bits per heavy atom. The molecule has 0 spiro atoms. The van der Waals surface area contributed by atoms with Crippen molar-refractivity contribution in [1.82, 2.24) is 4.98 Å². The van der Waals surface area contributed by atoms with Crippen LogP contribution in [-0.4, -0.2) is 37.1 Å². The number of anilines is 3. The summed E-state index contributed by atoms with van der Waals surface area (Å²) in [6.45, 7) is 11.2. The van der Waals surface area contributed by atoms with Crippen molar-refractivity contribution in [3.63, 3.8) is 0 Å². The first-order valence-electron chi connectivity index (χ1n) is 10.5. The lowest BCUT2D eigenvalue weighted by molar-refractivity contribution is -0.914. The van der Waals surface area contributed by atoms with Gasteiger partial charge in [-0.05, 0) is 43.2 Å². The summed E-state index contributed by atoms with van der Waals surface area (Å²) >= 11 is 1.54. The highest BCUT2D eigenvalue weighted by molar-refractivity contribution is 7.14. The second-order valence-corrected chi connectivity index (χ2v) is 8.78. The smallest absolute Gasteiger partial charge is 0.230 e. The van der Waals surface area contributed by atoms with E-state index in [4.69, 9.17) is 4.98 Å². The van der Waals surface area contributed by atoms with Crippen LogP contribution in [0.5, 0.6) is 0 Å². The maximum absolute atomic E-state index is 12.2. The summed E-state index contributed by atoms with van der Waals surface area (Å²) < 4.78 is 0. The highest BCUT2D eigenvalue weighted by Gasteiger charge is 2.24. The van der Waals surface area contributed by atoms with E-state index >= 15 is 0 Å². The summed E-state index contributed by atoms with van der Waals surface area (Å²) in [6, 6.07) is 16.3. The molecule has 30 heavy (non-hydrogen) atoms. The molecule has 1 aliphatic heterocycles. The Morgan fingerprint density at radius 1 is 1.10 bits per heavy atom. The average Bonchev–Trinajstić information content (AvgIpc) is 3.19. The van der Waals surface area contributed by atoms with Gasteiger partial charge in [0.25, 0.3) is 0 Å². The summed E-state index contributed by atoms with van der Waals surface area (Å²) in [4.78, 5) is 22.8. The third kappa shape index (κ3) is 4.40. The largest absolute Gasteiger partial charge is 0.360 e. The zero-order valence-corrected chi connectivity index (χ0v) is 18.7. The van der Waals surface area contributed by atoms with Crippen LogP contribution < -0.4 is 14.7 Å². The van der Waals surface area contributed by atoms with Crippen molar-refractivity contribution in [3.8, 4) is 0 Å². The molecule has 0 aliphatic carbocycles. The van der Waals surface area contributed by atoms with Crippen molar-refractivity contribution in [2.75, 3.05) is 36.0 Å². The molecular formula is C24H29N4OS+. The highest BCUT2D eigenvalue weighted by atomic mass is 32.1. The van der Waals surface area contributed by atoms with Gasteiger partial charge in [-0.25, -0.2) is 4.98 Å². The quantitative estimate of drug-likeness (QED) is 0.687. The molecule has 0 saturated carbocycles. The van der Waals surface area contributed by atoms with Gasteiger partial charge in [0.2, 0.25) is 5.91 Å². The lowest BCUT2D eigenvalue weighted by Gasteiger charge is -2.34. The summed E-state index contributed by atoms with van der Waals surface area (Å²) in [6.07, 6.45) is 0. The Morgan fingerprint density at radius 2 is 1.83 bits per heavy atom. The van der Waals surface area contributed by atoms with Gasteiger partial charge in [0, 0.05) is 18.0 Å². The summed E-state index contributed by atoms with van der Waals surface area (Å²) in [5, 5.41) is 2.84. The Kier molecular flexibility index (Phi) is 6.16. The molecule has 156 valence electrons. The van der Waals surface area contributed by atoms with E-state index in [0.29, 0.717) is 0 Å². The maximum atomic E-state index is 12.2. The zero-order valence-electron chi connectivity index (χ0n) is 17.9. The van der Waals surface area contributed by atoms with Crippen molar-refractivity contribution in [2.24, 2.45) is 0 Å². The van der Waals surface area contributed by atoms with E-state index in [-0.39, 0.29) is 5.91 Å². The number of aromatic nitrogens is 1. The predicted octanol–water partition coefficient (Wildman–Crippen LogP) is 3.35. The van der Waals surface area contributed by atoms with Crippen molar-refractivity contribution >= 4 is 33.8 Å². The molecule has 2 aromatic carbocycles. The minimum atomic E-state index is -0.0171. The van der Waals surface area contributed by atoms with Gasteiger partial charge < -0.3 is 9.80 Å². The molecule has 1 amide bonds. The first-order chi connectivity index (χ1) is 14.5. The summed E-state index contributed by atoms with van der Waals surface area (Å²) in [5.74, 6) is -0.0171. The molecule has 0 unspecified atom stereocenters. The molecule has 0 atom stereocenters. The Balaban J connectivity index is 1.40. The SMILES string of the molecule is CC(=O)N(c1ccccc1)c1nc(C[NH+]2CCN(c3cccc(C)c3C)CC2)cs1. The number of piperazine rings is 1. The molecule has 1 aliphatic rings. The fraction of sp³-hybridized carbons (Fsp3) is 0.333. The molecule has 0 bridgehead atoms. The third-order valence-electron chi connectivity index (χ3n) is 5.88.